The van der Waals surface area contributed by atoms with Gasteiger partial charge in [0.1, 0.15) is 5.82 Å². The third-order valence-electron chi connectivity index (χ3n) is 4.15. The summed E-state index contributed by atoms with van der Waals surface area (Å²) in [7, 11) is 1.77. The second-order valence-corrected chi connectivity index (χ2v) is 5.51. The normalized spacial score (nSPS) is 15.7. The van der Waals surface area contributed by atoms with Crippen LogP contribution >= 0.6 is 0 Å². The van der Waals surface area contributed by atoms with E-state index in [0.29, 0.717) is 6.04 Å². The Kier molecular flexibility index (Phi) is 4.36. The summed E-state index contributed by atoms with van der Waals surface area (Å²) >= 11 is 0. The van der Waals surface area contributed by atoms with Crippen molar-refractivity contribution in [2.45, 2.75) is 32.4 Å². The van der Waals surface area contributed by atoms with E-state index in [0.717, 1.165) is 38.4 Å². The van der Waals surface area contributed by atoms with Crippen molar-refractivity contribution in [2.75, 3.05) is 20.3 Å². The number of hydrogen-bond acceptors (Lipinski definition) is 3. The summed E-state index contributed by atoms with van der Waals surface area (Å²) in [5.41, 5.74) is 3.74. The van der Waals surface area contributed by atoms with Crippen molar-refractivity contribution in [2.24, 2.45) is 0 Å². The minimum absolute atomic E-state index is 0.347. The first-order chi connectivity index (χ1) is 10.3. The van der Waals surface area contributed by atoms with Crippen LogP contribution in [0.25, 0.3) is 11.4 Å². The molecule has 0 spiro atoms. The monoisotopic (exact) mass is 285 g/mol. The van der Waals surface area contributed by atoms with Gasteiger partial charge in [0.05, 0.1) is 18.3 Å². The van der Waals surface area contributed by atoms with Crippen molar-refractivity contribution in [3.63, 3.8) is 0 Å². The predicted octanol–water partition coefficient (Wildman–Crippen LogP) is 2.79. The van der Waals surface area contributed by atoms with E-state index >= 15 is 0 Å². The molecule has 1 N–H and O–H groups in total. The van der Waals surface area contributed by atoms with Gasteiger partial charge >= 0.3 is 0 Å². The van der Waals surface area contributed by atoms with Gasteiger partial charge < -0.3 is 14.6 Å². The highest BCUT2D eigenvalue weighted by Gasteiger charge is 2.24. The highest BCUT2D eigenvalue weighted by Crippen LogP contribution is 2.29. The third kappa shape index (κ3) is 2.74. The van der Waals surface area contributed by atoms with Crippen LogP contribution < -0.4 is 5.32 Å². The maximum absolute atomic E-state index is 5.44. The Balaban J connectivity index is 2.12. The minimum atomic E-state index is 0.347. The van der Waals surface area contributed by atoms with Crippen LogP contribution in [-0.4, -0.2) is 29.8 Å². The number of rotatable bonds is 5. The van der Waals surface area contributed by atoms with Crippen LogP contribution in [0.3, 0.4) is 0 Å². The number of hydrogen-bond donors (Lipinski definition) is 1. The van der Waals surface area contributed by atoms with E-state index in [9.17, 15) is 0 Å². The zero-order valence-electron chi connectivity index (χ0n) is 12.8. The van der Waals surface area contributed by atoms with Crippen molar-refractivity contribution < 1.29 is 4.74 Å². The first kappa shape index (κ1) is 14.3. The number of ether oxygens (including phenoxy) is 1. The number of aromatic nitrogens is 2. The summed E-state index contributed by atoms with van der Waals surface area (Å²) in [5.74, 6) is 1.08. The van der Waals surface area contributed by atoms with Crippen LogP contribution in [0.5, 0.6) is 0 Å². The molecule has 0 saturated heterocycles. The van der Waals surface area contributed by atoms with Crippen molar-refractivity contribution in [3.05, 3.63) is 41.7 Å². The van der Waals surface area contributed by atoms with Crippen LogP contribution in [0.4, 0.5) is 0 Å². The predicted molar refractivity (Wildman–Crippen MR) is 84.3 cm³/mol. The second kappa shape index (κ2) is 6.41. The van der Waals surface area contributed by atoms with Crippen LogP contribution in [0.1, 0.15) is 30.8 Å². The lowest BCUT2D eigenvalue weighted by Gasteiger charge is -2.23. The average molecular weight is 285 g/mol. The lowest BCUT2D eigenvalue weighted by Crippen LogP contribution is -2.26. The summed E-state index contributed by atoms with van der Waals surface area (Å²) in [4.78, 5) is 4.92. The second-order valence-electron chi connectivity index (χ2n) is 5.51. The Morgan fingerprint density at radius 3 is 2.86 bits per heavy atom. The Morgan fingerprint density at radius 1 is 1.33 bits per heavy atom. The smallest absolute Gasteiger partial charge is 0.140 e. The van der Waals surface area contributed by atoms with E-state index in [2.05, 4.69) is 41.1 Å². The van der Waals surface area contributed by atoms with E-state index in [1.165, 1.54) is 17.0 Å². The molecule has 1 aromatic heterocycles. The molecule has 0 bridgehead atoms. The highest BCUT2D eigenvalue weighted by atomic mass is 16.5. The molecule has 0 fully saturated rings. The van der Waals surface area contributed by atoms with Gasteiger partial charge in [0.25, 0.3) is 0 Å². The van der Waals surface area contributed by atoms with Gasteiger partial charge in [0.2, 0.25) is 0 Å². The van der Waals surface area contributed by atoms with Gasteiger partial charge in [0.15, 0.2) is 0 Å². The maximum atomic E-state index is 5.44. The molecule has 2 heterocycles. The zero-order chi connectivity index (χ0) is 14.7. The largest absolute Gasteiger partial charge is 0.383 e. The highest BCUT2D eigenvalue weighted by molar-refractivity contribution is 5.57. The molecule has 1 aliphatic heterocycles. The molecular formula is C17H23N3O. The number of benzene rings is 1. The van der Waals surface area contributed by atoms with Crippen molar-refractivity contribution in [1.82, 2.24) is 14.9 Å². The molecule has 4 nitrogen and oxygen atoms in total. The molecule has 21 heavy (non-hydrogen) atoms. The van der Waals surface area contributed by atoms with Crippen LogP contribution in [0.15, 0.2) is 30.3 Å². The van der Waals surface area contributed by atoms with E-state index in [1.54, 1.807) is 7.11 Å². The van der Waals surface area contributed by atoms with Crippen LogP contribution in [-0.2, 0) is 17.7 Å². The van der Waals surface area contributed by atoms with Crippen LogP contribution in [0, 0.1) is 0 Å². The summed E-state index contributed by atoms with van der Waals surface area (Å²) in [6.45, 7) is 4.83. The number of nitrogens with zero attached hydrogens (tertiary/aromatic N) is 2. The standard InChI is InChI=1S/C17H23N3O/c1-3-14(12-21-2)20-16-9-10-18-11-15(16)19-17(20)13-7-5-4-6-8-13/h4-8,14,18H,3,9-12H2,1-2H3. The minimum Gasteiger partial charge on any atom is -0.383 e. The molecule has 3 rings (SSSR count). The third-order valence-corrected chi connectivity index (χ3v) is 4.15. The molecule has 2 aromatic rings. The SMILES string of the molecule is CCC(COC)n1c(-c2ccccc2)nc2c1CCNC2. The molecule has 4 heteroatoms. The van der Waals surface area contributed by atoms with Crippen LogP contribution in [0.2, 0.25) is 0 Å². The first-order valence-electron chi connectivity index (χ1n) is 7.70. The lowest BCUT2D eigenvalue weighted by atomic mass is 10.1. The molecule has 112 valence electrons. The summed E-state index contributed by atoms with van der Waals surface area (Å²) in [6.07, 6.45) is 2.08. The molecule has 1 aliphatic rings. The van der Waals surface area contributed by atoms with Crippen molar-refractivity contribution in [3.8, 4) is 11.4 Å². The molecule has 0 saturated carbocycles. The fourth-order valence-corrected chi connectivity index (χ4v) is 3.08. The Bertz CT molecular complexity index is 592. The van der Waals surface area contributed by atoms with Gasteiger partial charge in [-0.05, 0) is 6.42 Å². The molecule has 1 unspecified atom stereocenters. The molecule has 0 aliphatic carbocycles. The van der Waals surface area contributed by atoms with Gasteiger partial charge in [0, 0.05) is 37.9 Å². The molecule has 0 radical (unpaired) electrons. The molecule has 0 amide bonds. The lowest BCUT2D eigenvalue weighted by molar-refractivity contribution is 0.152. The van der Waals surface area contributed by atoms with Gasteiger partial charge in [-0.15, -0.1) is 0 Å². The van der Waals surface area contributed by atoms with E-state index < -0.39 is 0 Å². The van der Waals surface area contributed by atoms with E-state index in [4.69, 9.17) is 9.72 Å². The van der Waals surface area contributed by atoms with E-state index in [1.807, 2.05) is 6.07 Å². The maximum Gasteiger partial charge on any atom is 0.140 e. The Morgan fingerprint density at radius 2 is 2.14 bits per heavy atom. The fraction of sp³-hybridized carbons (Fsp3) is 0.471. The first-order valence-corrected chi connectivity index (χ1v) is 7.70. The summed E-state index contributed by atoms with van der Waals surface area (Å²) < 4.78 is 7.85. The Labute approximate surface area is 126 Å². The summed E-state index contributed by atoms with van der Waals surface area (Å²) in [6, 6.07) is 10.8. The molecular weight excluding hydrogens is 262 g/mol. The summed E-state index contributed by atoms with van der Waals surface area (Å²) in [5, 5.41) is 3.41. The topological polar surface area (TPSA) is 39.1 Å². The van der Waals surface area contributed by atoms with Gasteiger partial charge in [-0.25, -0.2) is 4.98 Å². The Hall–Kier alpha value is -1.65. The van der Waals surface area contributed by atoms with Crippen molar-refractivity contribution in [1.29, 1.82) is 0 Å². The number of fused-ring (bicyclic) bond motifs is 1. The number of imidazole rings is 1. The van der Waals surface area contributed by atoms with Gasteiger partial charge in [-0.2, -0.15) is 0 Å². The van der Waals surface area contributed by atoms with Crippen molar-refractivity contribution >= 4 is 0 Å². The van der Waals surface area contributed by atoms with Gasteiger partial charge in [-0.3, -0.25) is 0 Å². The zero-order valence-corrected chi connectivity index (χ0v) is 12.8. The average Bonchev–Trinajstić information content (AvgIpc) is 2.93. The quantitative estimate of drug-likeness (QED) is 0.918. The molecule has 1 atom stereocenters. The number of nitrogens with one attached hydrogen (secondary N) is 1. The van der Waals surface area contributed by atoms with Gasteiger partial charge in [-0.1, -0.05) is 37.3 Å². The van der Waals surface area contributed by atoms with E-state index in [-0.39, 0.29) is 0 Å². The molecule has 1 aromatic carbocycles. The fourth-order valence-electron chi connectivity index (χ4n) is 3.08. The number of methoxy groups -OCH3 is 1.